The first-order valence-electron chi connectivity index (χ1n) is 11.1. The number of imide groups is 1. The van der Waals surface area contributed by atoms with Crippen molar-refractivity contribution in [2.24, 2.45) is 11.8 Å². The lowest BCUT2D eigenvalue weighted by atomic mass is 9.94. The number of halogens is 2. The maximum atomic E-state index is 12.9. The van der Waals surface area contributed by atoms with Crippen LogP contribution in [0.25, 0.3) is 0 Å². The van der Waals surface area contributed by atoms with Crippen molar-refractivity contribution in [1.29, 1.82) is 0 Å². The normalized spacial score (nSPS) is 18.5. The molecule has 0 aromatic heterocycles. The number of hydrogen-bond donors (Lipinski definition) is 1. The standard InChI is InChI=1S/C24H26F2N2O7S/c1-15-11-16(2)13-28(12-15)36(32,33)20-9-5-18(6-10-20)23(31)34-14-21(29)27-22(30)17-3-7-19(8-4-17)35-24(25)26/h3-10,15-16,24H,11-14H2,1-2H3,(H,27,29,30)/t15-,16+. The summed E-state index contributed by atoms with van der Waals surface area (Å²) in [6.45, 7) is 1.09. The molecule has 2 amide bonds. The summed E-state index contributed by atoms with van der Waals surface area (Å²) in [7, 11) is -3.71. The molecule has 2 aromatic rings. The zero-order chi connectivity index (χ0) is 26.5. The van der Waals surface area contributed by atoms with Crippen molar-refractivity contribution in [3.63, 3.8) is 0 Å². The van der Waals surface area contributed by atoms with Crippen LogP contribution in [-0.4, -0.2) is 56.8 Å². The van der Waals surface area contributed by atoms with Crippen LogP contribution in [0.4, 0.5) is 8.78 Å². The van der Waals surface area contributed by atoms with Crippen LogP contribution >= 0.6 is 0 Å². The first-order valence-corrected chi connectivity index (χ1v) is 12.6. The summed E-state index contributed by atoms with van der Waals surface area (Å²) in [5, 5.41) is 2.01. The second-order valence-electron chi connectivity index (χ2n) is 8.65. The highest BCUT2D eigenvalue weighted by molar-refractivity contribution is 7.89. The van der Waals surface area contributed by atoms with Crippen LogP contribution < -0.4 is 10.1 Å². The van der Waals surface area contributed by atoms with E-state index in [9.17, 15) is 31.6 Å². The highest BCUT2D eigenvalue weighted by atomic mass is 32.2. The Bertz CT molecular complexity index is 1190. The van der Waals surface area contributed by atoms with E-state index < -0.39 is 41.0 Å². The lowest BCUT2D eigenvalue weighted by molar-refractivity contribution is -0.123. The number of hydrogen-bond acceptors (Lipinski definition) is 7. The number of alkyl halides is 2. The van der Waals surface area contributed by atoms with Gasteiger partial charge in [0.15, 0.2) is 6.61 Å². The number of nitrogens with one attached hydrogen (secondary N) is 1. The van der Waals surface area contributed by atoms with Crippen molar-refractivity contribution in [3.8, 4) is 5.75 Å². The Balaban J connectivity index is 1.53. The Hall–Kier alpha value is -3.38. The van der Waals surface area contributed by atoms with Gasteiger partial charge in [-0.2, -0.15) is 13.1 Å². The van der Waals surface area contributed by atoms with Crippen molar-refractivity contribution in [2.75, 3.05) is 19.7 Å². The van der Waals surface area contributed by atoms with Crippen molar-refractivity contribution in [2.45, 2.75) is 31.8 Å². The summed E-state index contributed by atoms with van der Waals surface area (Å²) in [6.07, 6.45) is 0.957. The number of carbonyl (C=O) groups is 3. The molecule has 0 saturated carbocycles. The average molecular weight is 525 g/mol. The summed E-state index contributed by atoms with van der Waals surface area (Å²) in [6, 6.07) is 9.85. The average Bonchev–Trinajstić information content (AvgIpc) is 2.82. The van der Waals surface area contributed by atoms with Crippen LogP contribution in [0, 0.1) is 11.8 Å². The molecule has 0 radical (unpaired) electrons. The second kappa shape index (κ2) is 11.6. The fourth-order valence-corrected chi connectivity index (χ4v) is 5.63. The summed E-state index contributed by atoms with van der Waals surface area (Å²) in [5.41, 5.74) is 0.0358. The summed E-state index contributed by atoms with van der Waals surface area (Å²) in [5.74, 6) is -2.27. The fourth-order valence-electron chi connectivity index (χ4n) is 3.95. The maximum Gasteiger partial charge on any atom is 0.387 e. The fraction of sp³-hybridized carbons (Fsp3) is 0.375. The molecule has 0 spiro atoms. The number of amides is 2. The summed E-state index contributed by atoms with van der Waals surface area (Å²) in [4.78, 5) is 36.4. The van der Waals surface area contributed by atoms with E-state index in [4.69, 9.17) is 4.74 Å². The Labute approximate surface area is 207 Å². The van der Waals surface area contributed by atoms with Gasteiger partial charge in [-0.1, -0.05) is 13.8 Å². The molecular weight excluding hydrogens is 498 g/mol. The summed E-state index contributed by atoms with van der Waals surface area (Å²) < 4.78 is 60.8. The van der Waals surface area contributed by atoms with Crippen molar-refractivity contribution in [1.82, 2.24) is 9.62 Å². The van der Waals surface area contributed by atoms with E-state index in [0.717, 1.165) is 18.6 Å². The van der Waals surface area contributed by atoms with Crippen molar-refractivity contribution < 1.29 is 41.1 Å². The van der Waals surface area contributed by atoms with E-state index in [1.807, 2.05) is 19.2 Å². The molecule has 1 aliphatic heterocycles. The van der Waals surface area contributed by atoms with Gasteiger partial charge in [0.25, 0.3) is 11.8 Å². The zero-order valence-corrected chi connectivity index (χ0v) is 20.5. The van der Waals surface area contributed by atoms with E-state index in [-0.39, 0.29) is 33.6 Å². The Morgan fingerprint density at radius 2 is 1.53 bits per heavy atom. The number of benzene rings is 2. The molecule has 0 aliphatic carbocycles. The van der Waals surface area contributed by atoms with Gasteiger partial charge in [0, 0.05) is 18.7 Å². The first-order chi connectivity index (χ1) is 17.0. The molecular formula is C24H26F2N2O7S. The van der Waals surface area contributed by atoms with Crippen LogP contribution in [0.3, 0.4) is 0 Å². The third-order valence-electron chi connectivity index (χ3n) is 5.49. The third kappa shape index (κ3) is 7.08. The molecule has 3 rings (SSSR count). The molecule has 2 atom stereocenters. The molecule has 1 heterocycles. The highest BCUT2D eigenvalue weighted by Crippen LogP contribution is 2.26. The van der Waals surface area contributed by atoms with Crippen LogP contribution in [0.2, 0.25) is 0 Å². The maximum absolute atomic E-state index is 12.9. The van der Waals surface area contributed by atoms with E-state index in [1.165, 1.54) is 40.7 Å². The molecule has 0 bridgehead atoms. The van der Waals surface area contributed by atoms with Gasteiger partial charge in [0.1, 0.15) is 5.75 Å². The topological polar surface area (TPSA) is 119 Å². The highest BCUT2D eigenvalue weighted by Gasteiger charge is 2.31. The number of esters is 1. The number of sulfonamides is 1. The third-order valence-corrected chi connectivity index (χ3v) is 7.34. The van der Waals surface area contributed by atoms with Crippen LogP contribution in [0.1, 0.15) is 41.0 Å². The predicted octanol–water partition coefficient (Wildman–Crippen LogP) is 3.07. The number of nitrogens with zero attached hydrogens (tertiary/aromatic N) is 1. The van der Waals surface area contributed by atoms with Crippen LogP contribution in [-0.2, 0) is 19.6 Å². The Kier molecular flexibility index (Phi) is 8.75. The van der Waals surface area contributed by atoms with Crippen LogP contribution in [0.5, 0.6) is 5.75 Å². The van der Waals surface area contributed by atoms with Gasteiger partial charge < -0.3 is 9.47 Å². The minimum absolute atomic E-state index is 0.00517. The number of ether oxygens (including phenoxy) is 2. The minimum Gasteiger partial charge on any atom is -0.452 e. The number of carbonyl (C=O) groups excluding carboxylic acids is 3. The lowest BCUT2D eigenvalue weighted by Crippen LogP contribution is -2.42. The minimum atomic E-state index is -3.71. The monoisotopic (exact) mass is 524 g/mol. The van der Waals surface area contributed by atoms with Gasteiger partial charge in [-0.25, -0.2) is 13.2 Å². The Morgan fingerprint density at radius 1 is 0.972 bits per heavy atom. The predicted molar refractivity (Wildman–Crippen MR) is 124 cm³/mol. The lowest BCUT2D eigenvalue weighted by Gasteiger charge is -2.34. The van der Waals surface area contributed by atoms with Crippen molar-refractivity contribution >= 4 is 27.8 Å². The van der Waals surface area contributed by atoms with Crippen molar-refractivity contribution in [3.05, 3.63) is 59.7 Å². The van der Waals surface area contributed by atoms with E-state index in [0.29, 0.717) is 13.1 Å². The SMILES string of the molecule is C[C@@H]1C[C@H](C)CN(S(=O)(=O)c2ccc(C(=O)OCC(=O)NC(=O)c3ccc(OC(F)F)cc3)cc2)C1. The van der Waals surface area contributed by atoms with Gasteiger partial charge in [0.2, 0.25) is 10.0 Å². The largest absolute Gasteiger partial charge is 0.452 e. The molecule has 1 fully saturated rings. The molecule has 1 aliphatic rings. The molecule has 2 aromatic carbocycles. The van der Waals surface area contributed by atoms with Gasteiger partial charge in [0.05, 0.1) is 10.5 Å². The molecule has 9 nitrogen and oxygen atoms in total. The van der Waals surface area contributed by atoms with E-state index in [1.54, 1.807) is 0 Å². The second-order valence-corrected chi connectivity index (χ2v) is 10.6. The summed E-state index contributed by atoms with van der Waals surface area (Å²) >= 11 is 0. The Morgan fingerprint density at radius 3 is 2.08 bits per heavy atom. The number of rotatable bonds is 8. The molecule has 194 valence electrons. The van der Waals surface area contributed by atoms with Crippen LogP contribution in [0.15, 0.2) is 53.4 Å². The van der Waals surface area contributed by atoms with Gasteiger partial charge in [-0.15, -0.1) is 0 Å². The molecule has 0 unspecified atom stereocenters. The molecule has 36 heavy (non-hydrogen) atoms. The quantitative estimate of drug-likeness (QED) is 0.527. The van der Waals surface area contributed by atoms with Gasteiger partial charge in [-0.05, 0) is 66.8 Å². The number of piperidine rings is 1. The van der Waals surface area contributed by atoms with Gasteiger partial charge in [-0.3, -0.25) is 14.9 Å². The smallest absolute Gasteiger partial charge is 0.387 e. The van der Waals surface area contributed by atoms with E-state index >= 15 is 0 Å². The zero-order valence-electron chi connectivity index (χ0n) is 19.6. The van der Waals surface area contributed by atoms with E-state index in [2.05, 4.69) is 4.74 Å². The molecule has 12 heteroatoms. The molecule has 1 saturated heterocycles. The molecule has 1 N–H and O–H groups in total. The van der Waals surface area contributed by atoms with Gasteiger partial charge >= 0.3 is 12.6 Å². The first kappa shape index (κ1) is 27.2.